The van der Waals surface area contributed by atoms with Crippen LogP contribution in [-0.4, -0.2) is 21.9 Å². The van der Waals surface area contributed by atoms with Gasteiger partial charge in [-0.2, -0.15) is 18.3 Å². The number of anilines is 2. The Hall–Kier alpha value is -3.29. The van der Waals surface area contributed by atoms with E-state index in [0.29, 0.717) is 5.69 Å². The Balaban J connectivity index is 1.63. The minimum absolute atomic E-state index is 0.0699. The molecule has 0 fully saturated rings. The molecule has 0 saturated heterocycles. The maximum atomic E-state index is 13.8. The molecule has 2 unspecified atom stereocenters. The summed E-state index contributed by atoms with van der Waals surface area (Å²) < 4.78 is 42.3. The lowest BCUT2D eigenvalue weighted by Gasteiger charge is -2.33. The molecule has 0 spiro atoms. The van der Waals surface area contributed by atoms with Crippen molar-refractivity contribution in [3.63, 3.8) is 0 Å². The summed E-state index contributed by atoms with van der Waals surface area (Å²) in [6, 6.07) is 11.8. The number of rotatable bonds is 3. The smallest absolute Gasteiger partial charge is 0.363 e. The molecule has 3 aromatic rings. The summed E-state index contributed by atoms with van der Waals surface area (Å²) in [5, 5.41) is 9.82. The van der Waals surface area contributed by atoms with E-state index < -0.39 is 24.2 Å². The predicted octanol–water partition coefficient (Wildman–Crippen LogP) is 5.72. The first-order valence-corrected chi connectivity index (χ1v) is 10.00. The van der Waals surface area contributed by atoms with E-state index in [9.17, 15) is 18.0 Å². The van der Waals surface area contributed by atoms with Crippen LogP contribution < -0.4 is 10.6 Å². The molecular formula is C23H23F3N4O. The van der Waals surface area contributed by atoms with Gasteiger partial charge in [0, 0.05) is 18.2 Å². The lowest BCUT2D eigenvalue weighted by Crippen LogP contribution is -2.35. The van der Waals surface area contributed by atoms with Gasteiger partial charge in [-0.3, -0.25) is 4.79 Å². The van der Waals surface area contributed by atoms with Crippen LogP contribution in [0.2, 0.25) is 0 Å². The highest BCUT2D eigenvalue weighted by atomic mass is 19.4. The van der Waals surface area contributed by atoms with E-state index >= 15 is 0 Å². The van der Waals surface area contributed by atoms with Crippen LogP contribution in [0.3, 0.4) is 0 Å². The van der Waals surface area contributed by atoms with E-state index in [0.717, 1.165) is 26.9 Å². The van der Waals surface area contributed by atoms with Gasteiger partial charge in [0.2, 0.25) is 0 Å². The second-order valence-electron chi connectivity index (χ2n) is 8.01. The number of fused-ring (bicyclic) bond motifs is 1. The number of hydrogen-bond donors (Lipinski definition) is 2. The molecule has 8 heteroatoms. The van der Waals surface area contributed by atoms with Gasteiger partial charge in [-0.15, -0.1) is 0 Å². The van der Waals surface area contributed by atoms with E-state index in [4.69, 9.17) is 0 Å². The van der Waals surface area contributed by atoms with Gasteiger partial charge < -0.3 is 10.6 Å². The summed E-state index contributed by atoms with van der Waals surface area (Å²) >= 11 is 0. The normalized spacial score (nSPS) is 18.3. The summed E-state index contributed by atoms with van der Waals surface area (Å²) in [5.41, 5.74) is 4.36. The van der Waals surface area contributed by atoms with Gasteiger partial charge in [0.05, 0.1) is 6.04 Å². The molecule has 1 aliphatic heterocycles. The summed E-state index contributed by atoms with van der Waals surface area (Å²) in [7, 11) is 0. The van der Waals surface area contributed by atoms with Crippen molar-refractivity contribution >= 4 is 17.4 Å². The SMILES string of the molecule is Cc1ccc(C2CC(C(F)(F)F)n3nc(C(=O)Nc4ccc(C)c(C)c4)cc3N2)cc1. The first-order chi connectivity index (χ1) is 14.6. The largest absolute Gasteiger partial charge is 0.410 e. The Morgan fingerprint density at radius 1 is 1.06 bits per heavy atom. The van der Waals surface area contributed by atoms with Gasteiger partial charge in [-0.05, 0) is 49.6 Å². The molecule has 0 bridgehead atoms. The van der Waals surface area contributed by atoms with Crippen LogP contribution in [-0.2, 0) is 0 Å². The maximum absolute atomic E-state index is 13.8. The monoisotopic (exact) mass is 428 g/mol. The summed E-state index contributed by atoms with van der Waals surface area (Å²) in [4.78, 5) is 12.7. The van der Waals surface area contributed by atoms with Crippen molar-refractivity contribution in [2.75, 3.05) is 10.6 Å². The Labute approximate surface area is 178 Å². The van der Waals surface area contributed by atoms with Crippen molar-refractivity contribution in [3.8, 4) is 0 Å². The quantitative estimate of drug-likeness (QED) is 0.561. The summed E-state index contributed by atoms with van der Waals surface area (Å²) in [6.07, 6.45) is -4.70. The molecule has 1 aromatic heterocycles. The molecule has 1 aliphatic rings. The fourth-order valence-corrected chi connectivity index (χ4v) is 3.72. The number of aromatic nitrogens is 2. The molecule has 4 rings (SSSR count). The second-order valence-corrected chi connectivity index (χ2v) is 8.01. The summed E-state index contributed by atoms with van der Waals surface area (Å²) in [6.45, 7) is 5.80. The number of nitrogens with one attached hydrogen (secondary N) is 2. The van der Waals surface area contributed by atoms with E-state index in [1.165, 1.54) is 6.07 Å². The van der Waals surface area contributed by atoms with Crippen LogP contribution in [0.25, 0.3) is 0 Å². The Kier molecular flexibility index (Phi) is 5.24. The molecule has 2 N–H and O–H groups in total. The topological polar surface area (TPSA) is 59.0 Å². The van der Waals surface area contributed by atoms with E-state index in [1.54, 1.807) is 6.07 Å². The third-order valence-corrected chi connectivity index (χ3v) is 5.67. The van der Waals surface area contributed by atoms with Crippen LogP contribution in [0.15, 0.2) is 48.5 Å². The standard InChI is InChI=1S/C23H23F3N4O/c1-13-4-7-16(8-5-13)18-11-20(23(24,25)26)30-21(28-18)12-19(29-30)22(31)27-17-9-6-14(2)15(3)10-17/h4-10,12,18,20,28H,11H2,1-3H3,(H,27,31). The Morgan fingerprint density at radius 2 is 1.77 bits per heavy atom. The van der Waals surface area contributed by atoms with Crippen LogP contribution in [0.5, 0.6) is 0 Å². The minimum Gasteiger partial charge on any atom is -0.363 e. The first kappa shape index (κ1) is 21.0. The minimum atomic E-state index is -4.49. The van der Waals surface area contributed by atoms with E-state index in [1.807, 2.05) is 57.2 Å². The molecule has 2 atom stereocenters. The number of benzene rings is 2. The molecule has 1 amide bonds. The van der Waals surface area contributed by atoms with E-state index in [2.05, 4.69) is 15.7 Å². The van der Waals surface area contributed by atoms with Gasteiger partial charge in [-0.1, -0.05) is 35.9 Å². The molecule has 2 aromatic carbocycles. The van der Waals surface area contributed by atoms with Gasteiger partial charge >= 0.3 is 6.18 Å². The average Bonchev–Trinajstić information content (AvgIpc) is 3.14. The number of carbonyl (C=O) groups excluding carboxylic acids is 1. The maximum Gasteiger partial charge on any atom is 0.410 e. The highest BCUT2D eigenvalue weighted by Crippen LogP contribution is 2.43. The van der Waals surface area contributed by atoms with Crippen LogP contribution in [0, 0.1) is 20.8 Å². The molecule has 5 nitrogen and oxygen atoms in total. The average molecular weight is 428 g/mol. The van der Waals surface area contributed by atoms with Crippen molar-refractivity contribution in [3.05, 3.63) is 76.5 Å². The zero-order chi connectivity index (χ0) is 22.3. The number of aryl methyl sites for hydroxylation is 3. The number of amides is 1. The van der Waals surface area contributed by atoms with Gasteiger partial charge in [0.1, 0.15) is 5.82 Å². The third-order valence-electron chi connectivity index (χ3n) is 5.67. The first-order valence-electron chi connectivity index (χ1n) is 10.00. The molecule has 162 valence electrons. The van der Waals surface area contributed by atoms with Crippen molar-refractivity contribution in [1.29, 1.82) is 0 Å². The molecular weight excluding hydrogens is 405 g/mol. The lowest BCUT2D eigenvalue weighted by atomic mass is 9.96. The summed E-state index contributed by atoms with van der Waals surface area (Å²) in [5.74, 6) is -0.385. The second kappa shape index (κ2) is 7.76. The Morgan fingerprint density at radius 3 is 2.42 bits per heavy atom. The molecule has 31 heavy (non-hydrogen) atoms. The van der Waals surface area contributed by atoms with Gasteiger partial charge in [0.25, 0.3) is 5.91 Å². The van der Waals surface area contributed by atoms with Crippen molar-refractivity contribution in [2.45, 2.75) is 45.5 Å². The number of halogens is 3. The molecule has 0 radical (unpaired) electrons. The number of carbonyl (C=O) groups is 1. The van der Waals surface area contributed by atoms with Crippen molar-refractivity contribution < 1.29 is 18.0 Å². The molecule has 0 saturated carbocycles. The highest BCUT2D eigenvalue weighted by Gasteiger charge is 2.46. The fraction of sp³-hybridized carbons (Fsp3) is 0.304. The van der Waals surface area contributed by atoms with E-state index in [-0.39, 0.29) is 17.9 Å². The lowest BCUT2D eigenvalue weighted by molar-refractivity contribution is -0.173. The number of alkyl halides is 3. The molecule has 2 heterocycles. The third kappa shape index (κ3) is 4.28. The van der Waals surface area contributed by atoms with Crippen LogP contribution in [0.1, 0.15) is 51.2 Å². The zero-order valence-corrected chi connectivity index (χ0v) is 17.4. The fourth-order valence-electron chi connectivity index (χ4n) is 3.72. The van der Waals surface area contributed by atoms with Crippen LogP contribution in [0.4, 0.5) is 24.7 Å². The number of hydrogen-bond acceptors (Lipinski definition) is 3. The van der Waals surface area contributed by atoms with Crippen LogP contribution >= 0.6 is 0 Å². The van der Waals surface area contributed by atoms with Gasteiger partial charge in [0.15, 0.2) is 11.7 Å². The Bertz CT molecular complexity index is 1120. The molecule has 0 aliphatic carbocycles. The van der Waals surface area contributed by atoms with Gasteiger partial charge in [-0.25, -0.2) is 4.68 Å². The zero-order valence-electron chi connectivity index (χ0n) is 17.4. The van der Waals surface area contributed by atoms with Crippen molar-refractivity contribution in [1.82, 2.24) is 9.78 Å². The highest BCUT2D eigenvalue weighted by molar-refractivity contribution is 6.03. The number of nitrogens with zero attached hydrogens (tertiary/aromatic N) is 2. The van der Waals surface area contributed by atoms with Crippen molar-refractivity contribution in [2.24, 2.45) is 0 Å². The predicted molar refractivity (Wildman–Crippen MR) is 113 cm³/mol.